The van der Waals surface area contributed by atoms with E-state index in [0.717, 1.165) is 11.1 Å². The molecule has 0 saturated heterocycles. The Morgan fingerprint density at radius 2 is 1.33 bits per heavy atom. The van der Waals surface area contributed by atoms with Crippen LogP contribution in [0, 0.1) is 0 Å². The summed E-state index contributed by atoms with van der Waals surface area (Å²) in [7, 11) is 0. The quantitative estimate of drug-likeness (QED) is 0.253. The second-order valence-corrected chi connectivity index (χ2v) is 9.44. The van der Waals surface area contributed by atoms with Crippen molar-refractivity contribution in [1.82, 2.24) is 16.0 Å². The van der Waals surface area contributed by atoms with Crippen molar-refractivity contribution in [2.45, 2.75) is 50.4 Å². The van der Waals surface area contributed by atoms with Crippen molar-refractivity contribution in [1.29, 1.82) is 0 Å². The van der Waals surface area contributed by atoms with Gasteiger partial charge < -0.3 is 26.8 Å². The Morgan fingerprint density at radius 1 is 0.806 bits per heavy atom. The Bertz CT molecular complexity index is 1010. The molecule has 194 valence electrons. The molecule has 0 spiro atoms. The van der Waals surface area contributed by atoms with Gasteiger partial charge in [0.25, 0.3) is 0 Å². The van der Waals surface area contributed by atoms with E-state index < -0.39 is 47.9 Å². The fourth-order valence-electron chi connectivity index (χ4n) is 3.47. The average Bonchev–Trinajstić information content (AvgIpc) is 2.86. The zero-order valence-electron chi connectivity index (χ0n) is 20.5. The molecule has 4 atom stereocenters. The lowest BCUT2D eigenvalue weighted by Crippen LogP contribution is -2.57. The molecule has 0 aliphatic heterocycles. The lowest BCUT2D eigenvalue weighted by atomic mass is 10.0. The van der Waals surface area contributed by atoms with Gasteiger partial charge in [-0.15, -0.1) is 0 Å². The molecule has 0 aliphatic rings. The van der Waals surface area contributed by atoms with E-state index in [9.17, 15) is 24.3 Å². The predicted molar refractivity (Wildman–Crippen MR) is 140 cm³/mol. The first kappa shape index (κ1) is 28.9. The maximum Gasteiger partial charge on any atom is 0.326 e. The van der Waals surface area contributed by atoms with Gasteiger partial charge in [-0.25, -0.2) is 4.79 Å². The number of carbonyl (C=O) groups is 4. The number of hydrogen-bond donors (Lipinski definition) is 5. The van der Waals surface area contributed by atoms with Crippen molar-refractivity contribution in [2.75, 3.05) is 12.0 Å². The number of benzene rings is 2. The summed E-state index contributed by atoms with van der Waals surface area (Å²) >= 11 is 1.47. The zero-order valence-corrected chi connectivity index (χ0v) is 21.3. The van der Waals surface area contributed by atoms with Crippen LogP contribution in [0.5, 0.6) is 0 Å². The lowest BCUT2D eigenvalue weighted by Gasteiger charge is -2.24. The Morgan fingerprint density at radius 3 is 1.86 bits per heavy atom. The number of carboxylic acid groups (broad SMARTS) is 1. The fraction of sp³-hybridized carbons (Fsp3) is 0.385. The number of nitrogens with one attached hydrogen (secondary N) is 3. The van der Waals surface area contributed by atoms with Crippen LogP contribution in [0.2, 0.25) is 0 Å². The van der Waals surface area contributed by atoms with E-state index >= 15 is 0 Å². The minimum Gasteiger partial charge on any atom is -0.480 e. The molecule has 0 fully saturated rings. The van der Waals surface area contributed by atoms with Gasteiger partial charge in [0.05, 0.1) is 6.04 Å². The molecule has 3 amide bonds. The van der Waals surface area contributed by atoms with Gasteiger partial charge in [0, 0.05) is 6.42 Å². The normalized spacial score (nSPS) is 14.1. The van der Waals surface area contributed by atoms with Crippen molar-refractivity contribution in [3.05, 3.63) is 71.8 Å². The largest absolute Gasteiger partial charge is 0.480 e. The number of thioether (sulfide) groups is 1. The number of carbonyl (C=O) groups excluding carboxylic acids is 3. The first-order chi connectivity index (χ1) is 17.2. The number of carboxylic acids is 1. The Kier molecular flexibility index (Phi) is 11.9. The molecular weight excluding hydrogens is 480 g/mol. The van der Waals surface area contributed by atoms with Crippen molar-refractivity contribution in [3.8, 4) is 0 Å². The maximum atomic E-state index is 13.1. The first-order valence-electron chi connectivity index (χ1n) is 11.7. The Labute approximate surface area is 215 Å². The van der Waals surface area contributed by atoms with Crippen molar-refractivity contribution in [2.24, 2.45) is 5.73 Å². The number of nitrogens with two attached hydrogens (primary N) is 1. The van der Waals surface area contributed by atoms with E-state index in [1.165, 1.54) is 18.7 Å². The van der Waals surface area contributed by atoms with E-state index in [1.54, 1.807) is 0 Å². The molecule has 2 aromatic rings. The Hall–Kier alpha value is -3.37. The third-order valence-corrected chi connectivity index (χ3v) is 6.17. The van der Waals surface area contributed by atoms with Gasteiger partial charge in [-0.05, 0) is 42.9 Å². The summed E-state index contributed by atoms with van der Waals surface area (Å²) in [5.74, 6) is -2.26. The molecule has 10 heteroatoms. The number of aliphatic carboxylic acids is 1. The minimum atomic E-state index is -1.14. The van der Waals surface area contributed by atoms with Gasteiger partial charge in [0.2, 0.25) is 17.7 Å². The number of rotatable bonds is 14. The van der Waals surface area contributed by atoms with Crippen LogP contribution >= 0.6 is 11.8 Å². The third-order valence-electron chi connectivity index (χ3n) is 5.53. The molecule has 2 aromatic carbocycles. The third kappa shape index (κ3) is 9.71. The molecule has 0 bridgehead atoms. The number of amides is 3. The summed E-state index contributed by atoms with van der Waals surface area (Å²) in [6.07, 6.45) is 2.60. The van der Waals surface area contributed by atoms with E-state index in [1.807, 2.05) is 66.9 Å². The SMILES string of the molecule is CSCC[C@H](NC(=O)[C@H](C)NC(=O)[C@H](Cc1ccccc1)NC(=O)[C@@H](N)Cc1ccccc1)C(=O)O. The standard InChI is InChI=1S/C26H34N4O5S/c1-17(23(31)29-21(26(34)35)13-14-36-2)28-25(33)22(16-19-11-7-4-8-12-19)30-24(32)20(27)15-18-9-5-3-6-10-18/h3-12,17,20-22H,13-16,27H2,1-2H3,(H,28,33)(H,29,31)(H,30,32)(H,34,35)/t17-,20-,21-,22-/m0/s1. The summed E-state index contributed by atoms with van der Waals surface area (Å²) in [5, 5.41) is 17.1. The average molecular weight is 515 g/mol. The van der Waals surface area contributed by atoms with Crippen LogP contribution in [0.4, 0.5) is 0 Å². The summed E-state index contributed by atoms with van der Waals surface area (Å²) in [6.45, 7) is 1.46. The van der Waals surface area contributed by atoms with E-state index in [0.29, 0.717) is 12.2 Å². The molecule has 0 heterocycles. The minimum absolute atomic E-state index is 0.191. The van der Waals surface area contributed by atoms with Crippen LogP contribution in [0.15, 0.2) is 60.7 Å². The molecular formula is C26H34N4O5S. The fourth-order valence-corrected chi connectivity index (χ4v) is 3.94. The lowest BCUT2D eigenvalue weighted by molar-refractivity contribution is -0.142. The molecule has 0 aromatic heterocycles. The first-order valence-corrected chi connectivity index (χ1v) is 13.1. The summed E-state index contributed by atoms with van der Waals surface area (Å²) in [6, 6.07) is 14.5. The van der Waals surface area contributed by atoms with Gasteiger partial charge in [-0.1, -0.05) is 60.7 Å². The van der Waals surface area contributed by atoms with Crippen LogP contribution in [-0.2, 0) is 32.0 Å². The molecule has 36 heavy (non-hydrogen) atoms. The maximum absolute atomic E-state index is 13.1. The Balaban J connectivity index is 2.07. The van der Waals surface area contributed by atoms with E-state index in [-0.39, 0.29) is 12.8 Å². The predicted octanol–water partition coefficient (Wildman–Crippen LogP) is 1.11. The van der Waals surface area contributed by atoms with Gasteiger partial charge >= 0.3 is 5.97 Å². The van der Waals surface area contributed by atoms with Crippen LogP contribution < -0.4 is 21.7 Å². The van der Waals surface area contributed by atoms with Crippen molar-refractivity contribution in [3.63, 3.8) is 0 Å². The molecule has 9 nitrogen and oxygen atoms in total. The summed E-state index contributed by atoms with van der Waals surface area (Å²) in [4.78, 5) is 49.9. The topological polar surface area (TPSA) is 151 Å². The van der Waals surface area contributed by atoms with E-state index in [4.69, 9.17) is 5.73 Å². The molecule has 0 radical (unpaired) electrons. The zero-order chi connectivity index (χ0) is 26.5. The monoisotopic (exact) mass is 514 g/mol. The van der Waals surface area contributed by atoms with E-state index in [2.05, 4.69) is 16.0 Å². The molecule has 2 rings (SSSR count). The van der Waals surface area contributed by atoms with Crippen LogP contribution in [0.25, 0.3) is 0 Å². The van der Waals surface area contributed by atoms with Crippen LogP contribution in [0.1, 0.15) is 24.5 Å². The molecule has 0 saturated carbocycles. The second kappa shape index (κ2) is 14.9. The highest BCUT2D eigenvalue weighted by atomic mass is 32.2. The highest BCUT2D eigenvalue weighted by Gasteiger charge is 2.28. The molecule has 6 N–H and O–H groups in total. The molecule has 0 aliphatic carbocycles. The summed E-state index contributed by atoms with van der Waals surface area (Å²) in [5.41, 5.74) is 7.81. The second-order valence-electron chi connectivity index (χ2n) is 8.46. The van der Waals surface area contributed by atoms with Gasteiger partial charge in [0.1, 0.15) is 18.1 Å². The molecule has 0 unspecified atom stereocenters. The van der Waals surface area contributed by atoms with Gasteiger partial charge in [-0.3, -0.25) is 14.4 Å². The highest BCUT2D eigenvalue weighted by Crippen LogP contribution is 2.07. The van der Waals surface area contributed by atoms with Crippen LogP contribution in [-0.4, -0.2) is 65.0 Å². The number of hydrogen-bond acceptors (Lipinski definition) is 6. The van der Waals surface area contributed by atoms with Crippen LogP contribution in [0.3, 0.4) is 0 Å². The smallest absolute Gasteiger partial charge is 0.326 e. The van der Waals surface area contributed by atoms with Gasteiger partial charge in [-0.2, -0.15) is 11.8 Å². The highest BCUT2D eigenvalue weighted by molar-refractivity contribution is 7.98. The van der Waals surface area contributed by atoms with Crippen molar-refractivity contribution < 1.29 is 24.3 Å². The van der Waals surface area contributed by atoms with Gasteiger partial charge in [0.15, 0.2) is 0 Å². The summed E-state index contributed by atoms with van der Waals surface area (Å²) < 4.78 is 0. The van der Waals surface area contributed by atoms with Crippen molar-refractivity contribution >= 4 is 35.5 Å².